The molecule has 2 rings (SSSR count). The lowest BCUT2D eigenvalue weighted by Gasteiger charge is -2.37. The minimum Gasteiger partial charge on any atom is -0.494 e. The van der Waals surface area contributed by atoms with Crippen molar-refractivity contribution in [2.24, 2.45) is 0 Å². The Kier molecular flexibility index (Phi) is 4.02. The molecule has 0 amide bonds. The number of benzene rings is 1. The Morgan fingerprint density at radius 3 is 2.41 bits per heavy atom. The molecule has 1 N–H and O–H groups in total. The van der Waals surface area contributed by atoms with Crippen LogP contribution in [-0.4, -0.2) is 26.9 Å². The predicted molar refractivity (Wildman–Crippen MR) is 68.4 cm³/mol. The standard InChI is InChI=1S/C14H21NO2/c1-3-17-13-6-4-12(5-7-13)14(15-2)8-10-16-11-9-14/h4-7,15H,3,8-11H2,1-2H3. The van der Waals surface area contributed by atoms with Gasteiger partial charge in [0.2, 0.25) is 0 Å². The van der Waals surface area contributed by atoms with Crippen LogP contribution < -0.4 is 10.1 Å². The van der Waals surface area contributed by atoms with Crippen LogP contribution >= 0.6 is 0 Å². The van der Waals surface area contributed by atoms with Crippen LogP contribution in [0.25, 0.3) is 0 Å². The summed E-state index contributed by atoms with van der Waals surface area (Å²) in [5, 5.41) is 3.46. The van der Waals surface area contributed by atoms with Crippen LogP contribution in [0.1, 0.15) is 25.3 Å². The Morgan fingerprint density at radius 2 is 1.88 bits per heavy atom. The van der Waals surface area contributed by atoms with E-state index in [4.69, 9.17) is 9.47 Å². The summed E-state index contributed by atoms with van der Waals surface area (Å²) in [6.45, 7) is 4.37. The quantitative estimate of drug-likeness (QED) is 0.868. The van der Waals surface area contributed by atoms with Gasteiger partial charge < -0.3 is 14.8 Å². The first-order valence-electron chi connectivity index (χ1n) is 6.31. The highest BCUT2D eigenvalue weighted by atomic mass is 16.5. The van der Waals surface area contributed by atoms with Crippen LogP contribution in [0.5, 0.6) is 5.75 Å². The van der Waals surface area contributed by atoms with Gasteiger partial charge in [-0.1, -0.05) is 12.1 Å². The van der Waals surface area contributed by atoms with E-state index in [-0.39, 0.29) is 5.54 Å². The van der Waals surface area contributed by atoms with Crippen molar-refractivity contribution in [2.75, 3.05) is 26.9 Å². The molecule has 1 aliphatic rings. The van der Waals surface area contributed by atoms with Gasteiger partial charge in [-0.2, -0.15) is 0 Å². The summed E-state index contributed by atoms with van der Waals surface area (Å²) in [4.78, 5) is 0. The van der Waals surface area contributed by atoms with Crippen LogP contribution in [0.2, 0.25) is 0 Å². The van der Waals surface area contributed by atoms with Crippen LogP contribution in [0, 0.1) is 0 Å². The first kappa shape index (κ1) is 12.4. The molecule has 94 valence electrons. The first-order valence-corrected chi connectivity index (χ1v) is 6.31. The Hall–Kier alpha value is -1.06. The second kappa shape index (κ2) is 5.52. The van der Waals surface area contributed by atoms with E-state index in [1.165, 1.54) is 5.56 Å². The summed E-state index contributed by atoms with van der Waals surface area (Å²) < 4.78 is 10.9. The third-order valence-corrected chi connectivity index (χ3v) is 3.54. The van der Waals surface area contributed by atoms with E-state index in [1.54, 1.807) is 0 Å². The van der Waals surface area contributed by atoms with Gasteiger partial charge in [0, 0.05) is 18.8 Å². The number of ether oxygens (including phenoxy) is 2. The topological polar surface area (TPSA) is 30.5 Å². The lowest BCUT2D eigenvalue weighted by Crippen LogP contribution is -2.44. The molecule has 1 aliphatic heterocycles. The molecule has 1 aromatic rings. The van der Waals surface area contributed by atoms with E-state index < -0.39 is 0 Å². The van der Waals surface area contributed by atoms with Crippen molar-refractivity contribution in [2.45, 2.75) is 25.3 Å². The molecule has 0 spiro atoms. The molecule has 1 saturated heterocycles. The monoisotopic (exact) mass is 235 g/mol. The molecule has 0 aromatic heterocycles. The highest BCUT2D eigenvalue weighted by molar-refractivity contribution is 5.32. The molecule has 1 aromatic carbocycles. The summed E-state index contributed by atoms with van der Waals surface area (Å²) in [7, 11) is 2.03. The van der Waals surface area contributed by atoms with Crippen molar-refractivity contribution in [1.29, 1.82) is 0 Å². The largest absolute Gasteiger partial charge is 0.494 e. The molecular weight excluding hydrogens is 214 g/mol. The molecule has 0 atom stereocenters. The van der Waals surface area contributed by atoms with Crippen LogP contribution in [0.3, 0.4) is 0 Å². The van der Waals surface area contributed by atoms with E-state index in [0.717, 1.165) is 31.8 Å². The third kappa shape index (κ3) is 2.61. The summed E-state index contributed by atoms with van der Waals surface area (Å²) in [5.41, 5.74) is 1.40. The van der Waals surface area contributed by atoms with Crippen molar-refractivity contribution in [3.63, 3.8) is 0 Å². The molecule has 0 unspecified atom stereocenters. The Balaban J connectivity index is 2.18. The van der Waals surface area contributed by atoms with Crippen LogP contribution in [-0.2, 0) is 10.3 Å². The Labute approximate surface area is 103 Å². The normalized spacial score (nSPS) is 18.9. The molecule has 3 heteroatoms. The van der Waals surface area contributed by atoms with Gasteiger partial charge in [0.05, 0.1) is 6.61 Å². The molecule has 0 aliphatic carbocycles. The second-order valence-electron chi connectivity index (χ2n) is 4.40. The van der Waals surface area contributed by atoms with Gasteiger partial charge in [-0.15, -0.1) is 0 Å². The molecule has 0 saturated carbocycles. The maximum atomic E-state index is 5.47. The number of rotatable bonds is 4. The van der Waals surface area contributed by atoms with Gasteiger partial charge >= 0.3 is 0 Å². The Bertz CT molecular complexity index is 342. The molecule has 1 heterocycles. The minimum absolute atomic E-state index is 0.0724. The van der Waals surface area contributed by atoms with Crippen LogP contribution in [0.15, 0.2) is 24.3 Å². The van der Waals surface area contributed by atoms with E-state index in [2.05, 4.69) is 17.4 Å². The number of nitrogens with one attached hydrogen (secondary N) is 1. The summed E-state index contributed by atoms with van der Waals surface area (Å²) in [6, 6.07) is 8.42. The third-order valence-electron chi connectivity index (χ3n) is 3.54. The van der Waals surface area contributed by atoms with E-state index in [9.17, 15) is 0 Å². The summed E-state index contributed by atoms with van der Waals surface area (Å²) in [5.74, 6) is 0.939. The zero-order valence-corrected chi connectivity index (χ0v) is 10.7. The number of hydrogen-bond acceptors (Lipinski definition) is 3. The average molecular weight is 235 g/mol. The van der Waals surface area contributed by atoms with E-state index in [0.29, 0.717) is 6.61 Å². The molecule has 17 heavy (non-hydrogen) atoms. The van der Waals surface area contributed by atoms with Gasteiger partial charge in [-0.05, 0) is 44.5 Å². The zero-order chi connectivity index (χ0) is 12.1. The lowest BCUT2D eigenvalue weighted by atomic mass is 9.83. The fourth-order valence-electron chi connectivity index (χ4n) is 2.44. The van der Waals surface area contributed by atoms with Gasteiger partial charge in [-0.25, -0.2) is 0 Å². The van der Waals surface area contributed by atoms with Gasteiger partial charge in [0.25, 0.3) is 0 Å². The van der Waals surface area contributed by atoms with Crippen molar-refractivity contribution >= 4 is 0 Å². The smallest absolute Gasteiger partial charge is 0.119 e. The molecule has 0 radical (unpaired) electrons. The SMILES string of the molecule is CCOc1ccc(C2(NC)CCOCC2)cc1. The fraction of sp³-hybridized carbons (Fsp3) is 0.571. The lowest BCUT2D eigenvalue weighted by molar-refractivity contribution is 0.0398. The summed E-state index contributed by atoms with van der Waals surface area (Å²) in [6.07, 6.45) is 2.05. The highest BCUT2D eigenvalue weighted by Crippen LogP contribution is 2.32. The van der Waals surface area contributed by atoms with Gasteiger partial charge in [0.15, 0.2) is 0 Å². The van der Waals surface area contributed by atoms with Crippen molar-refractivity contribution < 1.29 is 9.47 Å². The molecule has 1 fully saturated rings. The Morgan fingerprint density at radius 1 is 1.24 bits per heavy atom. The van der Waals surface area contributed by atoms with E-state index >= 15 is 0 Å². The summed E-state index contributed by atoms with van der Waals surface area (Å²) >= 11 is 0. The van der Waals surface area contributed by atoms with Crippen molar-refractivity contribution in [1.82, 2.24) is 5.32 Å². The second-order valence-corrected chi connectivity index (χ2v) is 4.40. The van der Waals surface area contributed by atoms with Gasteiger partial charge in [0.1, 0.15) is 5.75 Å². The minimum atomic E-state index is 0.0724. The first-order chi connectivity index (χ1) is 8.30. The van der Waals surface area contributed by atoms with Crippen LogP contribution in [0.4, 0.5) is 0 Å². The zero-order valence-electron chi connectivity index (χ0n) is 10.7. The fourth-order valence-corrected chi connectivity index (χ4v) is 2.44. The highest BCUT2D eigenvalue weighted by Gasteiger charge is 2.32. The average Bonchev–Trinajstić information content (AvgIpc) is 2.41. The molecule has 0 bridgehead atoms. The van der Waals surface area contributed by atoms with Crippen molar-refractivity contribution in [3.8, 4) is 5.75 Å². The number of hydrogen-bond donors (Lipinski definition) is 1. The van der Waals surface area contributed by atoms with E-state index in [1.807, 2.05) is 26.1 Å². The predicted octanol–water partition coefficient (Wildman–Crippen LogP) is 2.31. The molecular formula is C14H21NO2. The molecule has 3 nitrogen and oxygen atoms in total. The maximum absolute atomic E-state index is 5.47. The van der Waals surface area contributed by atoms with Crippen molar-refractivity contribution in [3.05, 3.63) is 29.8 Å². The maximum Gasteiger partial charge on any atom is 0.119 e. The van der Waals surface area contributed by atoms with Gasteiger partial charge in [-0.3, -0.25) is 0 Å².